The smallest absolute Gasteiger partial charge is 0.299 e. The van der Waals surface area contributed by atoms with Crippen molar-refractivity contribution in [2.24, 2.45) is 0 Å². The van der Waals surface area contributed by atoms with E-state index in [9.17, 15) is 8.42 Å². The van der Waals surface area contributed by atoms with Crippen LogP contribution in [0.15, 0.2) is 24.3 Å². The summed E-state index contributed by atoms with van der Waals surface area (Å²) in [5.74, 6) is 0. The molecule has 0 aliphatic carbocycles. The van der Waals surface area contributed by atoms with Gasteiger partial charge in [-0.25, -0.2) is 0 Å². The summed E-state index contributed by atoms with van der Waals surface area (Å²) in [4.78, 5) is 0. The van der Waals surface area contributed by atoms with E-state index in [1.54, 1.807) is 32.9 Å². The zero-order valence-corrected chi connectivity index (χ0v) is 13.6. The number of rotatable bonds is 6. The highest BCUT2D eigenvalue weighted by molar-refractivity contribution is 7.90. The number of anilines is 1. The van der Waals surface area contributed by atoms with Crippen molar-refractivity contribution in [3.05, 3.63) is 29.8 Å². The highest BCUT2D eigenvalue weighted by Crippen LogP contribution is 2.12. The Labute approximate surface area is 122 Å². The van der Waals surface area contributed by atoms with Crippen LogP contribution in [0.3, 0.4) is 0 Å². The molecule has 0 amide bonds. The minimum Gasteiger partial charge on any atom is -0.310 e. The lowest BCUT2D eigenvalue weighted by Gasteiger charge is -2.21. The molecule has 0 radical (unpaired) electrons. The fourth-order valence-electron chi connectivity index (χ4n) is 1.60. The van der Waals surface area contributed by atoms with Gasteiger partial charge in [0.25, 0.3) is 10.2 Å². The molecule has 0 saturated heterocycles. The second kappa shape index (κ2) is 6.56. The van der Waals surface area contributed by atoms with Gasteiger partial charge in [-0.05, 0) is 38.5 Å². The molecule has 1 rings (SSSR count). The molecule has 1 aromatic carbocycles. The lowest BCUT2D eigenvalue weighted by atomic mass is 10.1. The molecule has 114 valence electrons. The minimum absolute atomic E-state index is 0.421. The van der Waals surface area contributed by atoms with E-state index in [1.165, 1.54) is 0 Å². The molecule has 0 aliphatic rings. The Kier molecular flexibility index (Phi) is 5.56. The van der Waals surface area contributed by atoms with Crippen LogP contribution in [0.1, 0.15) is 40.2 Å². The average molecular weight is 299 g/mol. The standard InChI is InChI=1S/C14H25N3O2S/c1-11(2)15-10-12-6-8-13(9-7-12)16-20(18,19)17-14(3,4)5/h6-9,11,15-17H,10H2,1-5H3. The summed E-state index contributed by atoms with van der Waals surface area (Å²) >= 11 is 0. The molecule has 0 atom stereocenters. The zero-order chi connectivity index (χ0) is 15.4. The average Bonchev–Trinajstić information content (AvgIpc) is 2.24. The third-order valence-electron chi connectivity index (χ3n) is 2.36. The third kappa shape index (κ3) is 6.88. The van der Waals surface area contributed by atoms with Gasteiger partial charge in [-0.15, -0.1) is 0 Å². The van der Waals surface area contributed by atoms with Crippen LogP contribution < -0.4 is 14.8 Å². The van der Waals surface area contributed by atoms with Gasteiger partial charge in [0.15, 0.2) is 0 Å². The van der Waals surface area contributed by atoms with Gasteiger partial charge in [0.05, 0.1) is 0 Å². The van der Waals surface area contributed by atoms with Crippen molar-refractivity contribution in [3.63, 3.8) is 0 Å². The van der Waals surface area contributed by atoms with Crippen LogP contribution in [0.4, 0.5) is 5.69 Å². The summed E-state index contributed by atoms with van der Waals surface area (Å²) < 4.78 is 28.8. The van der Waals surface area contributed by atoms with Crippen molar-refractivity contribution in [1.29, 1.82) is 0 Å². The molecule has 0 unspecified atom stereocenters. The topological polar surface area (TPSA) is 70.2 Å². The lowest BCUT2D eigenvalue weighted by Crippen LogP contribution is -2.43. The Balaban J connectivity index is 2.66. The minimum atomic E-state index is -3.55. The van der Waals surface area contributed by atoms with Gasteiger partial charge in [0, 0.05) is 23.8 Å². The highest BCUT2D eigenvalue weighted by atomic mass is 32.2. The van der Waals surface area contributed by atoms with Crippen LogP contribution in [-0.4, -0.2) is 20.0 Å². The second-order valence-electron chi connectivity index (χ2n) is 6.19. The molecule has 0 spiro atoms. The molecular weight excluding hydrogens is 274 g/mol. The summed E-state index contributed by atoms with van der Waals surface area (Å²) in [5, 5.41) is 3.31. The first-order valence-electron chi connectivity index (χ1n) is 6.71. The van der Waals surface area contributed by atoms with Gasteiger partial charge in [-0.3, -0.25) is 4.72 Å². The maximum atomic E-state index is 11.9. The van der Waals surface area contributed by atoms with Gasteiger partial charge in [-0.1, -0.05) is 26.0 Å². The molecular formula is C14H25N3O2S. The normalized spacial score (nSPS) is 12.7. The van der Waals surface area contributed by atoms with E-state index in [0.717, 1.165) is 12.1 Å². The predicted octanol–water partition coefficient (Wildman–Crippen LogP) is 2.23. The van der Waals surface area contributed by atoms with E-state index >= 15 is 0 Å². The van der Waals surface area contributed by atoms with E-state index in [-0.39, 0.29) is 0 Å². The highest BCUT2D eigenvalue weighted by Gasteiger charge is 2.19. The fraction of sp³-hybridized carbons (Fsp3) is 0.571. The van der Waals surface area contributed by atoms with E-state index in [4.69, 9.17) is 0 Å². The van der Waals surface area contributed by atoms with Crippen molar-refractivity contribution in [2.75, 3.05) is 4.72 Å². The molecule has 20 heavy (non-hydrogen) atoms. The number of nitrogens with one attached hydrogen (secondary N) is 3. The van der Waals surface area contributed by atoms with Crippen LogP contribution in [0.25, 0.3) is 0 Å². The summed E-state index contributed by atoms with van der Waals surface area (Å²) in [7, 11) is -3.55. The van der Waals surface area contributed by atoms with Crippen LogP contribution in [-0.2, 0) is 16.8 Å². The maximum absolute atomic E-state index is 11.9. The van der Waals surface area contributed by atoms with Gasteiger partial charge < -0.3 is 5.32 Å². The first-order valence-corrected chi connectivity index (χ1v) is 8.20. The van der Waals surface area contributed by atoms with Crippen molar-refractivity contribution >= 4 is 15.9 Å². The summed E-state index contributed by atoms with van der Waals surface area (Å²) in [5.41, 5.74) is 1.16. The van der Waals surface area contributed by atoms with Crippen LogP contribution >= 0.6 is 0 Å². The van der Waals surface area contributed by atoms with Gasteiger partial charge in [-0.2, -0.15) is 13.1 Å². The monoisotopic (exact) mass is 299 g/mol. The molecule has 5 nitrogen and oxygen atoms in total. The Hall–Kier alpha value is -1.11. The van der Waals surface area contributed by atoms with Crippen LogP contribution in [0.2, 0.25) is 0 Å². The molecule has 3 N–H and O–H groups in total. The Morgan fingerprint density at radius 1 is 1.10 bits per heavy atom. The van der Waals surface area contributed by atoms with Crippen molar-refractivity contribution < 1.29 is 8.42 Å². The molecule has 1 aromatic rings. The van der Waals surface area contributed by atoms with Crippen LogP contribution in [0, 0.1) is 0 Å². The Bertz CT molecular complexity index is 516. The van der Waals surface area contributed by atoms with E-state index < -0.39 is 15.7 Å². The number of benzene rings is 1. The summed E-state index contributed by atoms with van der Waals surface area (Å²) in [6.07, 6.45) is 0. The van der Waals surface area contributed by atoms with Crippen LogP contribution in [0.5, 0.6) is 0 Å². The molecule has 0 heterocycles. The van der Waals surface area contributed by atoms with E-state index in [2.05, 4.69) is 28.6 Å². The van der Waals surface area contributed by atoms with Crippen molar-refractivity contribution in [2.45, 2.75) is 52.7 Å². The molecule has 0 aliphatic heterocycles. The largest absolute Gasteiger partial charge is 0.310 e. The van der Waals surface area contributed by atoms with Gasteiger partial charge >= 0.3 is 0 Å². The number of hydrogen-bond donors (Lipinski definition) is 3. The van der Waals surface area contributed by atoms with E-state index in [1.807, 2.05) is 12.1 Å². The van der Waals surface area contributed by atoms with Gasteiger partial charge in [0.2, 0.25) is 0 Å². The first kappa shape index (κ1) is 16.9. The fourth-order valence-corrected chi connectivity index (χ4v) is 2.90. The van der Waals surface area contributed by atoms with E-state index in [0.29, 0.717) is 11.7 Å². The Morgan fingerprint density at radius 2 is 1.65 bits per heavy atom. The predicted molar refractivity (Wildman–Crippen MR) is 83.8 cm³/mol. The molecule has 6 heteroatoms. The van der Waals surface area contributed by atoms with Crippen molar-refractivity contribution in [3.8, 4) is 0 Å². The first-order chi connectivity index (χ1) is 9.07. The molecule has 0 aromatic heterocycles. The summed E-state index contributed by atoms with van der Waals surface area (Å²) in [6.45, 7) is 10.3. The second-order valence-corrected chi connectivity index (χ2v) is 7.61. The zero-order valence-electron chi connectivity index (χ0n) is 12.8. The SMILES string of the molecule is CC(C)NCc1ccc(NS(=O)(=O)NC(C)(C)C)cc1. The molecule has 0 bridgehead atoms. The molecule has 0 saturated carbocycles. The Morgan fingerprint density at radius 3 is 2.10 bits per heavy atom. The number of hydrogen-bond acceptors (Lipinski definition) is 3. The van der Waals surface area contributed by atoms with Crippen molar-refractivity contribution in [1.82, 2.24) is 10.0 Å². The van der Waals surface area contributed by atoms with Gasteiger partial charge in [0.1, 0.15) is 0 Å². The lowest BCUT2D eigenvalue weighted by molar-refractivity contribution is 0.494. The quantitative estimate of drug-likeness (QED) is 0.754. The molecule has 0 fully saturated rings. The summed E-state index contributed by atoms with van der Waals surface area (Å²) in [6, 6.07) is 7.76. The third-order valence-corrected chi connectivity index (χ3v) is 3.75. The maximum Gasteiger partial charge on any atom is 0.299 e.